The third-order valence-corrected chi connectivity index (χ3v) is 7.51. The van der Waals surface area contributed by atoms with E-state index in [0.717, 1.165) is 35.6 Å². The molecule has 0 aliphatic carbocycles. The van der Waals surface area contributed by atoms with Crippen LogP contribution in [0.5, 0.6) is 11.5 Å². The lowest BCUT2D eigenvalue weighted by Crippen LogP contribution is -2.43. The molecule has 0 aromatic heterocycles. The lowest BCUT2D eigenvalue weighted by molar-refractivity contribution is -0.126. The van der Waals surface area contributed by atoms with E-state index in [9.17, 15) is 4.79 Å². The van der Waals surface area contributed by atoms with E-state index in [1.165, 1.54) is 16.7 Å². The summed E-state index contributed by atoms with van der Waals surface area (Å²) in [5.74, 6) is 1.81. The Balaban J connectivity index is 1.33. The van der Waals surface area contributed by atoms with Crippen molar-refractivity contribution in [3.63, 3.8) is 0 Å². The Bertz CT molecular complexity index is 1350. The highest BCUT2D eigenvalue weighted by atomic mass is 16.5. The largest absolute Gasteiger partial charge is 0.485 e. The SMILES string of the molecule is O=C1C[C@@H](c2ccccc2)N2CCc3cc(OCc4ccccc4)c(OCc4ccccc4)cc3[C@@H]2C1. The first kappa shape index (κ1) is 23.5. The van der Waals surface area contributed by atoms with Crippen molar-refractivity contribution >= 4 is 5.78 Å². The number of Topliss-reactive ketones (excluding diaryl/α,β-unsaturated/α-hetero) is 1. The van der Waals surface area contributed by atoms with E-state index in [2.05, 4.69) is 65.6 Å². The van der Waals surface area contributed by atoms with Gasteiger partial charge in [-0.3, -0.25) is 9.69 Å². The minimum absolute atomic E-state index is 0.0532. The Hall–Kier alpha value is -3.89. The van der Waals surface area contributed by atoms with Crippen molar-refractivity contribution in [3.8, 4) is 11.5 Å². The molecule has 4 aromatic rings. The quantitative estimate of drug-likeness (QED) is 0.285. The van der Waals surface area contributed by atoms with Crippen molar-refractivity contribution in [2.45, 2.75) is 44.6 Å². The smallest absolute Gasteiger partial charge is 0.162 e. The van der Waals surface area contributed by atoms with Gasteiger partial charge < -0.3 is 9.47 Å². The second kappa shape index (κ2) is 10.6. The molecule has 2 aliphatic heterocycles. The van der Waals surface area contributed by atoms with Crippen LogP contribution in [0.15, 0.2) is 103 Å². The Morgan fingerprint density at radius 3 is 1.84 bits per heavy atom. The molecule has 186 valence electrons. The molecule has 2 aliphatic rings. The van der Waals surface area contributed by atoms with Crippen LogP contribution in [0.25, 0.3) is 0 Å². The maximum Gasteiger partial charge on any atom is 0.162 e. The summed E-state index contributed by atoms with van der Waals surface area (Å²) in [4.78, 5) is 15.5. The minimum Gasteiger partial charge on any atom is -0.485 e. The van der Waals surface area contributed by atoms with Gasteiger partial charge in [0.15, 0.2) is 11.5 Å². The molecule has 4 heteroatoms. The number of carbonyl (C=O) groups is 1. The van der Waals surface area contributed by atoms with Gasteiger partial charge in [0.1, 0.15) is 19.0 Å². The predicted octanol–water partition coefficient (Wildman–Crippen LogP) is 6.85. The molecule has 4 aromatic carbocycles. The summed E-state index contributed by atoms with van der Waals surface area (Å²) in [5, 5.41) is 0. The molecule has 0 spiro atoms. The number of ether oxygens (including phenoxy) is 2. The van der Waals surface area contributed by atoms with Gasteiger partial charge in [-0.25, -0.2) is 0 Å². The zero-order valence-corrected chi connectivity index (χ0v) is 20.9. The summed E-state index contributed by atoms with van der Waals surface area (Å²) < 4.78 is 12.7. The van der Waals surface area contributed by atoms with Crippen LogP contribution in [0.1, 0.15) is 52.7 Å². The minimum atomic E-state index is 0.0532. The van der Waals surface area contributed by atoms with E-state index in [4.69, 9.17) is 9.47 Å². The molecule has 0 bridgehead atoms. The number of rotatable bonds is 7. The molecule has 4 nitrogen and oxygen atoms in total. The lowest BCUT2D eigenvalue weighted by Gasteiger charge is -2.45. The number of ketones is 1. The molecule has 0 amide bonds. The fraction of sp³-hybridized carbons (Fsp3) is 0.242. The van der Waals surface area contributed by atoms with Gasteiger partial charge in [-0.2, -0.15) is 0 Å². The van der Waals surface area contributed by atoms with E-state index in [1.54, 1.807) is 0 Å². The fourth-order valence-corrected chi connectivity index (χ4v) is 5.64. The highest BCUT2D eigenvalue weighted by Gasteiger charge is 2.39. The van der Waals surface area contributed by atoms with Gasteiger partial charge in [0.25, 0.3) is 0 Å². The number of carbonyl (C=O) groups excluding carboxylic acids is 1. The van der Waals surface area contributed by atoms with Crippen molar-refractivity contribution in [1.29, 1.82) is 0 Å². The third-order valence-electron chi connectivity index (χ3n) is 7.51. The second-order valence-corrected chi connectivity index (χ2v) is 9.92. The summed E-state index contributed by atoms with van der Waals surface area (Å²) in [6.45, 7) is 1.86. The maximum atomic E-state index is 13.0. The Morgan fingerprint density at radius 2 is 1.22 bits per heavy atom. The Kier molecular flexibility index (Phi) is 6.74. The van der Waals surface area contributed by atoms with Crippen LogP contribution in [-0.2, 0) is 24.4 Å². The first-order chi connectivity index (χ1) is 18.2. The van der Waals surface area contributed by atoms with E-state index < -0.39 is 0 Å². The van der Waals surface area contributed by atoms with Crippen molar-refractivity contribution in [2.75, 3.05) is 6.54 Å². The highest BCUT2D eigenvalue weighted by molar-refractivity contribution is 5.81. The molecule has 0 radical (unpaired) electrons. The van der Waals surface area contributed by atoms with Gasteiger partial charge in [0, 0.05) is 31.5 Å². The molecule has 2 heterocycles. The van der Waals surface area contributed by atoms with Crippen LogP contribution in [-0.4, -0.2) is 17.2 Å². The summed E-state index contributed by atoms with van der Waals surface area (Å²) >= 11 is 0. The standard InChI is InChI=1S/C33H31NO3/c35-28-19-30(26-14-8-3-9-15-26)34-17-16-27-18-32(36-22-24-10-4-1-5-11-24)33(21-29(27)31(34)20-28)37-23-25-12-6-2-7-13-25/h1-15,18,21,30-31H,16-17,19-20,22-23H2/t30-,31-/m0/s1. The van der Waals surface area contributed by atoms with Gasteiger partial charge in [-0.1, -0.05) is 91.0 Å². The van der Waals surface area contributed by atoms with E-state index >= 15 is 0 Å². The zero-order valence-electron chi connectivity index (χ0n) is 20.9. The molecule has 0 unspecified atom stereocenters. The average Bonchev–Trinajstić information content (AvgIpc) is 2.96. The maximum absolute atomic E-state index is 13.0. The molecule has 2 atom stereocenters. The number of benzene rings is 4. The first-order valence-electron chi connectivity index (χ1n) is 13.1. The number of piperidine rings is 1. The lowest BCUT2D eigenvalue weighted by atomic mass is 9.81. The van der Waals surface area contributed by atoms with Crippen LogP contribution >= 0.6 is 0 Å². The molecule has 0 saturated carbocycles. The monoisotopic (exact) mass is 489 g/mol. The molecule has 6 rings (SSSR count). The fourth-order valence-electron chi connectivity index (χ4n) is 5.64. The van der Waals surface area contributed by atoms with E-state index in [0.29, 0.717) is 31.8 Å². The van der Waals surface area contributed by atoms with Gasteiger partial charge in [-0.05, 0) is 46.4 Å². The van der Waals surface area contributed by atoms with Gasteiger partial charge >= 0.3 is 0 Å². The molecule has 37 heavy (non-hydrogen) atoms. The normalized spacial score (nSPS) is 19.1. The summed E-state index contributed by atoms with van der Waals surface area (Å²) in [5.41, 5.74) is 5.87. The van der Waals surface area contributed by atoms with Crippen molar-refractivity contribution < 1.29 is 14.3 Å². The molecular formula is C33H31NO3. The van der Waals surface area contributed by atoms with Gasteiger partial charge in [0.05, 0.1) is 0 Å². The molecular weight excluding hydrogens is 458 g/mol. The Labute approximate surface area is 218 Å². The predicted molar refractivity (Wildman–Crippen MR) is 145 cm³/mol. The van der Waals surface area contributed by atoms with Crippen molar-refractivity contribution in [2.24, 2.45) is 0 Å². The number of hydrogen-bond acceptors (Lipinski definition) is 4. The highest BCUT2D eigenvalue weighted by Crippen LogP contribution is 2.46. The summed E-state index contributed by atoms with van der Waals surface area (Å²) in [6, 6.07) is 35.3. The molecule has 0 N–H and O–H groups in total. The summed E-state index contributed by atoms with van der Waals surface area (Å²) in [7, 11) is 0. The first-order valence-corrected chi connectivity index (χ1v) is 13.1. The number of hydrogen-bond donors (Lipinski definition) is 0. The molecule has 1 fully saturated rings. The Morgan fingerprint density at radius 1 is 0.676 bits per heavy atom. The van der Waals surface area contributed by atoms with E-state index in [-0.39, 0.29) is 12.1 Å². The van der Waals surface area contributed by atoms with Crippen molar-refractivity contribution in [1.82, 2.24) is 4.90 Å². The van der Waals surface area contributed by atoms with Gasteiger partial charge in [0.2, 0.25) is 0 Å². The third kappa shape index (κ3) is 5.16. The average molecular weight is 490 g/mol. The van der Waals surface area contributed by atoms with Gasteiger partial charge in [-0.15, -0.1) is 0 Å². The summed E-state index contributed by atoms with van der Waals surface area (Å²) in [6.07, 6.45) is 2.04. The van der Waals surface area contributed by atoms with Crippen LogP contribution in [0, 0.1) is 0 Å². The number of nitrogens with zero attached hydrogens (tertiary/aromatic N) is 1. The topological polar surface area (TPSA) is 38.8 Å². The van der Waals surface area contributed by atoms with Crippen LogP contribution in [0.3, 0.4) is 0 Å². The van der Waals surface area contributed by atoms with E-state index in [1.807, 2.05) is 42.5 Å². The molecule has 1 saturated heterocycles. The number of fused-ring (bicyclic) bond motifs is 3. The van der Waals surface area contributed by atoms with Crippen LogP contribution in [0.2, 0.25) is 0 Å². The van der Waals surface area contributed by atoms with Crippen LogP contribution in [0.4, 0.5) is 0 Å². The zero-order chi connectivity index (χ0) is 25.0. The van der Waals surface area contributed by atoms with Crippen molar-refractivity contribution in [3.05, 3.63) is 131 Å². The van der Waals surface area contributed by atoms with Crippen LogP contribution < -0.4 is 9.47 Å². The second-order valence-electron chi connectivity index (χ2n) is 9.92.